The van der Waals surface area contributed by atoms with Crippen molar-refractivity contribution in [3.05, 3.63) is 41.9 Å². The second-order valence-electron chi connectivity index (χ2n) is 6.27. The fourth-order valence-electron chi connectivity index (χ4n) is 3.07. The second kappa shape index (κ2) is 6.83. The van der Waals surface area contributed by atoms with Crippen molar-refractivity contribution in [2.75, 3.05) is 36.5 Å². The molecule has 1 aromatic rings. The molecule has 0 atom stereocenters. The molecule has 8 nitrogen and oxygen atoms in total. The lowest BCUT2D eigenvalue weighted by Gasteiger charge is -2.37. The molecule has 134 valence electrons. The lowest BCUT2D eigenvalue weighted by atomic mass is 10.2. The first-order chi connectivity index (χ1) is 12.6. The number of nitrogens with zero attached hydrogens (tertiary/aromatic N) is 7. The van der Waals surface area contributed by atoms with E-state index in [4.69, 9.17) is 12.2 Å². The third-order valence-corrected chi connectivity index (χ3v) is 4.92. The lowest BCUT2D eigenvalue weighted by Crippen LogP contribution is -2.51. The van der Waals surface area contributed by atoms with Crippen LogP contribution < -0.4 is 10.3 Å². The van der Waals surface area contributed by atoms with Crippen molar-refractivity contribution in [1.29, 1.82) is 0 Å². The maximum absolute atomic E-state index is 5.62. The summed E-state index contributed by atoms with van der Waals surface area (Å²) in [7, 11) is 0. The summed E-state index contributed by atoms with van der Waals surface area (Å²) >= 11 is 5.62. The SMILES string of the molecule is Cc1nnc2n(NC(=S)N3CCN(c4ccccc4)CC3)c(C)nnc1-2. The number of aromatic nitrogens is 5. The maximum Gasteiger partial charge on any atom is 0.205 e. The number of hydrogen-bond donors (Lipinski definition) is 1. The molecule has 0 aromatic heterocycles. The summed E-state index contributed by atoms with van der Waals surface area (Å²) in [4.78, 5) is 4.53. The van der Waals surface area contributed by atoms with Crippen LogP contribution in [0.25, 0.3) is 11.5 Å². The minimum Gasteiger partial charge on any atom is -0.368 e. The number of piperazine rings is 1. The molecule has 0 aliphatic carbocycles. The Kier molecular flexibility index (Phi) is 4.37. The molecule has 26 heavy (non-hydrogen) atoms. The third kappa shape index (κ3) is 3.05. The van der Waals surface area contributed by atoms with E-state index in [1.807, 2.05) is 19.9 Å². The first kappa shape index (κ1) is 16.6. The fraction of sp³-hybridized carbons (Fsp3) is 0.353. The van der Waals surface area contributed by atoms with Crippen LogP contribution in [0, 0.1) is 13.8 Å². The number of fused-ring (bicyclic) bond motifs is 1. The Balaban J connectivity index is 1.44. The molecule has 3 aliphatic heterocycles. The molecule has 0 bridgehead atoms. The molecule has 3 aliphatic rings. The van der Waals surface area contributed by atoms with Crippen molar-refractivity contribution >= 4 is 23.0 Å². The molecule has 0 spiro atoms. The van der Waals surface area contributed by atoms with Crippen molar-refractivity contribution in [1.82, 2.24) is 30.0 Å². The van der Waals surface area contributed by atoms with Gasteiger partial charge in [0.2, 0.25) is 5.82 Å². The number of rotatable bonds is 2. The van der Waals surface area contributed by atoms with E-state index in [1.54, 1.807) is 4.68 Å². The van der Waals surface area contributed by atoms with Gasteiger partial charge in [-0.3, -0.25) is 5.43 Å². The van der Waals surface area contributed by atoms with Crippen molar-refractivity contribution in [2.24, 2.45) is 0 Å². The van der Waals surface area contributed by atoms with Crippen LogP contribution in [0.2, 0.25) is 0 Å². The number of nitrogens with one attached hydrogen (secondary N) is 1. The summed E-state index contributed by atoms with van der Waals surface area (Å²) in [6.45, 7) is 7.29. The number of thiocarbonyl (C=S) groups is 1. The van der Waals surface area contributed by atoms with Gasteiger partial charge in [-0.05, 0) is 38.2 Å². The van der Waals surface area contributed by atoms with Gasteiger partial charge in [-0.25, -0.2) is 4.68 Å². The van der Waals surface area contributed by atoms with Gasteiger partial charge in [0.25, 0.3) is 0 Å². The van der Waals surface area contributed by atoms with E-state index in [1.165, 1.54) is 5.69 Å². The highest BCUT2D eigenvalue weighted by molar-refractivity contribution is 7.80. The van der Waals surface area contributed by atoms with Gasteiger partial charge in [0.05, 0.1) is 5.69 Å². The van der Waals surface area contributed by atoms with Crippen LogP contribution in [0.5, 0.6) is 0 Å². The zero-order chi connectivity index (χ0) is 18.1. The van der Waals surface area contributed by atoms with Crippen LogP contribution >= 0.6 is 12.2 Å². The highest BCUT2D eigenvalue weighted by Gasteiger charge is 2.22. The third-order valence-electron chi connectivity index (χ3n) is 4.58. The van der Waals surface area contributed by atoms with Gasteiger partial charge in [-0.15, -0.1) is 15.3 Å². The summed E-state index contributed by atoms with van der Waals surface area (Å²) in [6.07, 6.45) is 0. The molecule has 4 rings (SSSR count). The van der Waals surface area contributed by atoms with Gasteiger partial charge in [0.1, 0.15) is 5.82 Å². The predicted molar refractivity (Wildman–Crippen MR) is 104 cm³/mol. The highest BCUT2D eigenvalue weighted by atomic mass is 32.1. The number of benzene rings is 1. The zero-order valence-electron chi connectivity index (χ0n) is 14.8. The molecular weight excluding hydrogens is 348 g/mol. The lowest BCUT2D eigenvalue weighted by molar-refractivity contribution is 0.388. The summed E-state index contributed by atoms with van der Waals surface area (Å²) in [6, 6.07) is 10.5. The number of hydrogen-bond acceptors (Lipinski definition) is 6. The van der Waals surface area contributed by atoms with Crippen LogP contribution in [-0.2, 0) is 0 Å². The molecule has 1 saturated heterocycles. The minimum absolute atomic E-state index is 0.639. The van der Waals surface area contributed by atoms with Crippen molar-refractivity contribution in [2.45, 2.75) is 13.8 Å². The van der Waals surface area contributed by atoms with E-state index >= 15 is 0 Å². The molecule has 1 N–H and O–H groups in total. The fourth-order valence-corrected chi connectivity index (χ4v) is 3.35. The summed E-state index contributed by atoms with van der Waals surface area (Å²) in [5, 5.41) is 17.3. The predicted octanol–water partition coefficient (Wildman–Crippen LogP) is 1.44. The van der Waals surface area contributed by atoms with E-state index in [0.717, 1.165) is 31.9 Å². The Hall–Kier alpha value is -2.81. The van der Waals surface area contributed by atoms with Crippen molar-refractivity contribution in [3.8, 4) is 11.5 Å². The highest BCUT2D eigenvalue weighted by Crippen LogP contribution is 2.19. The smallest absolute Gasteiger partial charge is 0.205 e. The summed E-state index contributed by atoms with van der Waals surface area (Å²) in [5.74, 6) is 1.32. The van der Waals surface area contributed by atoms with Crippen LogP contribution in [-0.4, -0.2) is 61.3 Å². The molecule has 1 aromatic carbocycles. The Labute approximate surface area is 157 Å². The van der Waals surface area contributed by atoms with Gasteiger partial charge in [-0.2, -0.15) is 5.10 Å². The second-order valence-corrected chi connectivity index (χ2v) is 6.65. The molecule has 9 heteroatoms. The van der Waals surface area contributed by atoms with E-state index < -0.39 is 0 Å². The van der Waals surface area contributed by atoms with Gasteiger partial charge in [0.15, 0.2) is 10.8 Å². The molecular formula is C17H20N8S. The average Bonchev–Trinajstić information content (AvgIpc) is 3.06. The van der Waals surface area contributed by atoms with Crippen LogP contribution in [0.3, 0.4) is 0 Å². The van der Waals surface area contributed by atoms with E-state index in [2.05, 4.69) is 59.9 Å². The normalized spacial score (nSPS) is 14.7. The van der Waals surface area contributed by atoms with Gasteiger partial charge in [0, 0.05) is 31.9 Å². The quantitative estimate of drug-likeness (QED) is 0.681. The molecule has 0 radical (unpaired) electrons. The van der Waals surface area contributed by atoms with E-state index in [9.17, 15) is 0 Å². The van der Waals surface area contributed by atoms with Gasteiger partial charge < -0.3 is 9.80 Å². The summed E-state index contributed by atoms with van der Waals surface area (Å²) < 4.78 is 1.76. The van der Waals surface area contributed by atoms with Crippen LogP contribution in [0.15, 0.2) is 30.3 Å². The topological polar surface area (TPSA) is 75.0 Å². The maximum atomic E-state index is 5.62. The Morgan fingerprint density at radius 2 is 1.69 bits per heavy atom. The Bertz CT molecular complexity index is 885. The molecule has 0 unspecified atom stereocenters. The monoisotopic (exact) mass is 368 g/mol. The van der Waals surface area contributed by atoms with Gasteiger partial charge >= 0.3 is 0 Å². The molecule has 0 saturated carbocycles. The van der Waals surface area contributed by atoms with Crippen molar-refractivity contribution < 1.29 is 0 Å². The molecule has 3 heterocycles. The average molecular weight is 368 g/mol. The number of anilines is 1. The first-order valence-electron chi connectivity index (χ1n) is 8.54. The minimum atomic E-state index is 0.639. The Morgan fingerprint density at radius 3 is 2.42 bits per heavy atom. The standard InChI is InChI=1S/C17H20N8S/c1-12-15-16(21-18-12)25(13(2)19-20-15)22-17(26)24-10-8-23(9-11-24)14-6-4-3-5-7-14/h3-7H,8-11H2,1-2H3,(H,22,26). The van der Waals surface area contributed by atoms with Crippen molar-refractivity contribution in [3.63, 3.8) is 0 Å². The summed E-state index contributed by atoms with van der Waals surface area (Å²) in [5.41, 5.74) is 5.93. The largest absolute Gasteiger partial charge is 0.368 e. The molecule has 1 fully saturated rings. The number of para-hydroxylation sites is 1. The first-order valence-corrected chi connectivity index (χ1v) is 8.95. The zero-order valence-corrected chi connectivity index (χ0v) is 15.6. The number of aryl methyl sites for hydroxylation is 2. The molecule has 0 amide bonds. The van der Waals surface area contributed by atoms with Crippen LogP contribution in [0.4, 0.5) is 5.69 Å². The van der Waals surface area contributed by atoms with Gasteiger partial charge in [-0.1, -0.05) is 18.2 Å². The van der Waals surface area contributed by atoms with Crippen LogP contribution in [0.1, 0.15) is 11.5 Å². The van der Waals surface area contributed by atoms with E-state index in [-0.39, 0.29) is 0 Å². The van der Waals surface area contributed by atoms with E-state index in [0.29, 0.717) is 22.5 Å². The Morgan fingerprint density at radius 1 is 0.962 bits per heavy atom.